The van der Waals surface area contributed by atoms with Crippen molar-refractivity contribution in [1.82, 2.24) is 20.3 Å². The van der Waals surface area contributed by atoms with Gasteiger partial charge in [0.15, 0.2) is 0 Å². The molecule has 12 heteroatoms. The number of aryl methyl sites for hydroxylation is 1. The molecule has 1 aromatic heterocycles. The van der Waals surface area contributed by atoms with Crippen molar-refractivity contribution < 1.29 is 44.8 Å². The van der Waals surface area contributed by atoms with E-state index < -0.39 is 0 Å². The fraction of sp³-hybridized carbons (Fsp3) is 0.385. The predicted molar refractivity (Wildman–Crippen MR) is 139 cm³/mol. The van der Waals surface area contributed by atoms with Crippen LogP contribution < -0.4 is 19.7 Å². The number of nitrogens with zero attached hydrogens (tertiary/aromatic N) is 4. The first-order valence-corrected chi connectivity index (χ1v) is 12.1. The van der Waals surface area contributed by atoms with Crippen molar-refractivity contribution in [2.75, 3.05) is 58.6 Å². The predicted octanol–water partition coefficient (Wildman–Crippen LogP) is 3.12. The zero-order chi connectivity index (χ0) is 26.5. The van der Waals surface area contributed by atoms with Crippen LogP contribution in [0.4, 0.5) is 5.95 Å². The molecule has 2 aromatic carbocycles. The quantitative estimate of drug-likeness (QED) is 0.188. The van der Waals surface area contributed by atoms with Gasteiger partial charge in [-0.1, -0.05) is 23.8 Å². The van der Waals surface area contributed by atoms with Crippen LogP contribution in [0.3, 0.4) is 0 Å². The van der Waals surface area contributed by atoms with Gasteiger partial charge in [0.25, 0.3) is 5.91 Å². The normalized spacial score (nSPS) is 10.4. The molecule has 0 saturated carbocycles. The van der Waals surface area contributed by atoms with Crippen LogP contribution in [0.2, 0.25) is 5.28 Å². The van der Waals surface area contributed by atoms with Crippen LogP contribution in [0.15, 0.2) is 42.5 Å². The minimum atomic E-state index is -0.126. The molecule has 204 valence electrons. The summed E-state index contributed by atoms with van der Waals surface area (Å²) in [6, 6.07) is 15.6. The number of anilines is 1. The number of nitrogens with one attached hydrogen (secondary N) is 1. The number of hydrogen-bond acceptors (Lipinski definition) is 9. The van der Waals surface area contributed by atoms with Crippen LogP contribution in [0.1, 0.15) is 21.7 Å². The summed E-state index contributed by atoms with van der Waals surface area (Å²) >= 11 is 6.10. The van der Waals surface area contributed by atoms with E-state index in [-0.39, 0.29) is 32.3 Å². The van der Waals surface area contributed by atoms with Gasteiger partial charge in [0.1, 0.15) is 5.82 Å². The van der Waals surface area contributed by atoms with Crippen molar-refractivity contribution >= 4 is 23.5 Å². The van der Waals surface area contributed by atoms with Crippen LogP contribution in [0.5, 0.6) is 11.5 Å². The van der Waals surface area contributed by atoms with Gasteiger partial charge in [0.2, 0.25) is 11.2 Å². The molecule has 3 rings (SSSR count). The molecule has 0 spiro atoms. The zero-order valence-corrected chi connectivity index (χ0v) is 25.3. The maximum absolute atomic E-state index is 12.0. The van der Waals surface area contributed by atoms with Gasteiger partial charge in [-0.15, -0.1) is 12.1 Å². The molecule has 0 aliphatic rings. The van der Waals surface area contributed by atoms with E-state index in [0.29, 0.717) is 74.9 Å². The summed E-state index contributed by atoms with van der Waals surface area (Å²) in [6.45, 7) is 4.60. The smallest absolute Gasteiger partial charge is 0.251 e. The number of carbonyl (C=O) groups is 1. The van der Waals surface area contributed by atoms with Crippen LogP contribution in [0, 0.1) is 13.0 Å². The van der Waals surface area contributed by atoms with E-state index in [2.05, 4.69) is 26.3 Å². The molecule has 1 heterocycles. The summed E-state index contributed by atoms with van der Waals surface area (Å²) in [5.41, 5.74) is 1.44. The molecule has 0 aliphatic carbocycles. The monoisotopic (exact) mass is 712 g/mol. The van der Waals surface area contributed by atoms with E-state index in [1.807, 2.05) is 23.1 Å². The van der Waals surface area contributed by atoms with Gasteiger partial charge in [0.05, 0.1) is 40.6 Å². The molecule has 1 N–H and O–H groups in total. The van der Waals surface area contributed by atoms with E-state index in [1.54, 1.807) is 45.4 Å². The van der Waals surface area contributed by atoms with Gasteiger partial charge in [0, 0.05) is 57.8 Å². The number of halogens is 1. The van der Waals surface area contributed by atoms with Gasteiger partial charge in [-0.2, -0.15) is 16.0 Å². The fourth-order valence-corrected chi connectivity index (χ4v) is 3.65. The van der Waals surface area contributed by atoms with Gasteiger partial charge in [-0.25, -0.2) is 4.98 Å². The first kappa shape index (κ1) is 31.4. The molecule has 0 bridgehead atoms. The van der Waals surface area contributed by atoms with Gasteiger partial charge >= 0.3 is 0 Å². The molecule has 0 atom stereocenters. The van der Waals surface area contributed by atoms with E-state index in [0.717, 1.165) is 5.56 Å². The largest absolute Gasteiger partial charge is 0.554 e. The molecule has 0 unspecified atom stereocenters. The summed E-state index contributed by atoms with van der Waals surface area (Å²) in [6.07, 6.45) is 0. The molecule has 3 aromatic rings. The van der Waals surface area contributed by atoms with Crippen LogP contribution in [-0.4, -0.2) is 74.6 Å². The van der Waals surface area contributed by atoms with E-state index in [9.17, 15) is 4.79 Å². The molecule has 38 heavy (non-hydrogen) atoms. The second-order valence-corrected chi connectivity index (χ2v) is 8.13. The Hall–Kier alpha value is -2.78. The van der Waals surface area contributed by atoms with Crippen molar-refractivity contribution in [2.24, 2.45) is 0 Å². The second-order valence-electron chi connectivity index (χ2n) is 7.79. The number of ether oxygens (including phenoxy) is 4. The van der Waals surface area contributed by atoms with Gasteiger partial charge in [-0.05, 0) is 30.7 Å². The average molecular weight is 713 g/mol. The van der Waals surface area contributed by atoms with Crippen molar-refractivity contribution in [3.63, 3.8) is 0 Å². The third kappa shape index (κ3) is 9.83. The Labute approximate surface area is 242 Å². The molecular formula is C26H31ClN5O5W-. The van der Waals surface area contributed by atoms with Crippen LogP contribution in [0.25, 0.3) is 0 Å². The standard InChI is InChI=1S/C26H31ClN5O5.W/c1-19-29-25(27)31-26(30-19)32(18-21-22(34-2)10-7-11-23(21)35-3)13-15-37-17-16-36-14-12-28-24(33)20-8-5-4-6-9-20;/h4-6,8-11H,12-18H2,1-3H3,(H,28,33);/q-1;. The summed E-state index contributed by atoms with van der Waals surface area (Å²) in [4.78, 5) is 26.7. The molecule has 0 aliphatic heterocycles. The third-order valence-electron chi connectivity index (χ3n) is 5.25. The maximum Gasteiger partial charge on any atom is 0.251 e. The van der Waals surface area contributed by atoms with Crippen LogP contribution >= 0.6 is 11.6 Å². The van der Waals surface area contributed by atoms with E-state index in [4.69, 9.17) is 30.5 Å². The summed E-state index contributed by atoms with van der Waals surface area (Å²) < 4.78 is 22.3. The van der Waals surface area contributed by atoms with Gasteiger partial charge in [-0.3, -0.25) is 4.79 Å². The first-order valence-electron chi connectivity index (χ1n) is 11.7. The number of carbonyl (C=O) groups excluding carboxylic acids is 1. The molecule has 0 saturated heterocycles. The minimum absolute atomic E-state index is 0. The van der Waals surface area contributed by atoms with Crippen molar-refractivity contribution in [3.8, 4) is 11.5 Å². The number of rotatable bonds is 15. The Morgan fingerprint density at radius 2 is 1.63 bits per heavy atom. The number of benzene rings is 2. The van der Waals surface area contributed by atoms with E-state index >= 15 is 0 Å². The Balaban J connectivity index is 0.00000507. The average Bonchev–Trinajstić information content (AvgIpc) is 2.91. The Morgan fingerprint density at radius 1 is 0.974 bits per heavy atom. The number of hydrogen-bond donors (Lipinski definition) is 1. The third-order valence-corrected chi connectivity index (χ3v) is 5.42. The van der Waals surface area contributed by atoms with Crippen molar-refractivity contribution in [3.05, 3.63) is 70.8 Å². The topological polar surface area (TPSA) is 108 Å². The summed E-state index contributed by atoms with van der Waals surface area (Å²) in [5, 5.41) is 2.93. The second kappa shape index (κ2) is 16.9. The molecule has 10 nitrogen and oxygen atoms in total. The SMILES string of the molecule is COc1c[c-]cc(OC)c1CN(CCOCCOCCNC(=O)c1ccccc1)c1nc(C)nc(Cl)n1.[W]. The first-order chi connectivity index (χ1) is 18.0. The van der Waals surface area contributed by atoms with Crippen molar-refractivity contribution in [2.45, 2.75) is 13.5 Å². The Bertz CT molecular complexity index is 1100. The van der Waals surface area contributed by atoms with E-state index in [1.165, 1.54) is 0 Å². The summed E-state index contributed by atoms with van der Waals surface area (Å²) in [5.74, 6) is 2.07. The minimum Gasteiger partial charge on any atom is -0.554 e. The Kier molecular flexibility index (Phi) is 14.0. The number of aromatic nitrogens is 3. The number of methoxy groups -OCH3 is 2. The molecule has 1 amide bonds. The zero-order valence-electron chi connectivity index (χ0n) is 21.6. The van der Waals surface area contributed by atoms with Crippen LogP contribution in [-0.2, 0) is 37.1 Å². The van der Waals surface area contributed by atoms with Gasteiger partial charge < -0.3 is 29.2 Å². The molecular weight excluding hydrogens is 682 g/mol. The van der Waals surface area contributed by atoms with Crippen molar-refractivity contribution in [1.29, 1.82) is 0 Å². The summed E-state index contributed by atoms with van der Waals surface area (Å²) in [7, 11) is 3.19. The Morgan fingerprint density at radius 3 is 2.26 bits per heavy atom. The molecule has 0 fully saturated rings. The number of amides is 1. The fourth-order valence-electron chi connectivity index (χ4n) is 3.45. The molecule has 0 radical (unpaired) electrons. The maximum atomic E-state index is 12.0.